The molecule has 0 radical (unpaired) electrons. The van der Waals surface area contributed by atoms with Crippen molar-refractivity contribution in [3.63, 3.8) is 0 Å². The van der Waals surface area contributed by atoms with Gasteiger partial charge in [0.25, 0.3) is 0 Å². The standard InChI is InChI=1S/C7H10N6/c1-13(7(9)10)6(8)5-2-3-11-4-12-5/h2-4,8H,1H3,(H3,9,10). The molecule has 0 saturated carbocycles. The van der Waals surface area contributed by atoms with Crippen LogP contribution in [0, 0.1) is 10.8 Å². The van der Waals surface area contributed by atoms with E-state index in [0.29, 0.717) is 5.69 Å². The highest BCUT2D eigenvalue weighted by atomic mass is 15.2. The van der Waals surface area contributed by atoms with E-state index in [-0.39, 0.29) is 11.8 Å². The molecule has 0 aliphatic heterocycles. The first-order valence-corrected chi connectivity index (χ1v) is 3.55. The molecule has 0 amide bonds. The summed E-state index contributed by atoms with van der Waals surface area (Å²) in [6, 6.07) is 1.59. The van der Waals surface area contributed by atoms with Gasteiger partial charge in [0.15, 0.2) is 11.8 Å². The number of nitrogens with two attached hydrogens (primary N) is 1. The molecule has 68 valence electrons. The van der Waals surface area contributed by atoms with Crippen LogP contribution in [-0.2, 0) is 0 Å². The number of guanidine groups is 1. The molecule has 1 aromatic heterocycles. The molecule has 6 heteroatoms. The van der Waals surface area contributed by atoms with Crippen molar-refractivity contribution in [1.29, 1.82) is 10.8 Å². The van der Waals surface area contributed by atoms with Crippen molar-refractivity contribution in [2.45, 2.75) is 0 Å². The molecule has 13 heavy (non-hydrogen) atoms. The highest BCUT2D eigenvalue weighted by molar-refractivity contribution is 6.04. The summed E-state index contributed by atoms with van der Waals surface area (Å²) in [7, 11) is 1.53. The summed E-state index contributed by atoms with van der Waals surface area (Å²) < 4.78 is 0. The Labute approximate surface area is 75.4 Å². The average Bonchev–Trinajstić information content (AvgIpc) is 2.17. The number of hydrogen-bond donors (Lipinski definition) is 3. The molecule has 6 nitrogen and oxygen atoms in total. The topological polar surface area (TPSA) is 103 Å². The van der Waals surface area contributed by atoms with Gasteiger partial charge in [0, 0.05) is 13.2 Å². The Balaban J connectivity index is 2.86. The minimum Gasteiger partial charge on any atom is -0.370 e. The van der Waals surface area contributed by atoms with Gasteiger partial charge in [-0.1, -0.05) is 0 Å². The molecule has 0 aromatic carbocycles. The molecule has 4 N–H and O–H groups in total. The second kappa shape index (κ2) is 3.61. The number of hydrogen-bond acceptors (Lipinski definition) is 4. The van der Waals surface area contributed by atoms with E-state index in [2.05, 4.69) is 9.97 Å². The van der Waals surface area contributed by atoms with Gasteiger partial charge < -0.3 is 5.73 Å². The lowest BCUT2D eigenvalue weighted by Gasteiger charge is -2.16. The van der Waals surface area contributed by atoms with E-state index in [9.17, 15) is 0 Å². The minimum atomic E-state index is -0.191. The third-order valence-corrected chi connectivity index (χ3v) is 1.52. The maximum atomic E-state index is 7.58. The first-order valence-electron chi connectivity index (χ1n) is 3.55. The van der Waals surface area contributed by atoms with Crippen LogP contribution in [0.5, 0.6) is 0 Å². The van der Waals surface area contributed by atoms with Crippen LogP contribution < -0.4 is 5.73 Å². The molecule has 1 aromatic rings. The summed E-state index contributed by atoms with van der Waals surface area (Å²) in [6.45, 7) is 0. The van der Waals surface area contributed by atoms with Crippen LogP contribution in [0.25, 0.3) is 0 Å². The van der Waals surface area contributed by atoms with Crippen LogP contribution in [0.15, 0.2) is 18.6 Å². The van der Waals surface area contributed by atoms with Crippen molar-refractivity contribution in [2.24, 2.45) is 5.73 Å². The SMILES string of the molecule is CN(C(=N)N)C(=N)c1ccncn1. The predicted molar refractivity (Wildman–Crippen MR) is 48.5 cm³/mol. The molecule has 0 saturated heterocycles. The highest BCUT2D eigenvalue weighted by Crippen LogP contribution is 1.96. The van der Waals surface area contributed by atoms with Crippen molar-refractivity contribution in [3.05, 3.63) is 24.3 Å². The predicted octanol–water partition coefficient (Wildman–Crippen LogP) is -0.373. The Morgan fingerprint density at radius 1 is 1.54 bits per heavy atom. The summed E-state index contributed by atoms with van der Waals surface area (Å²) in [5, 5.41) is 14.7. The van der Waals surface area contributed by atoms with E-state index >= 15 is 0 Å². The molecule has 0 aliphatic carbocycles. The van der Waals surface area contributed by atoms with Gasteiger partial charge in [-0.05, 0) is 6.07 Å². The molecular weight excluding hydrogens is 168 g/mol. The second-order valence-electron chi connectivity index (χ2n) is 2.39. The summed E-state index contributed by atoms with van der Waals surface area (Å²) in [5.74, 6) is -0.112. The highest BCUT2D eigenvalue weighted by Gasteiger charge is 2.09. The van der Waals surface area contributed by atoms with Crippen LogP contribution in [-0.4, -0.2) is 33.7 Å². The lowest BCUT2D eigenvalue weighted by atomic mass is 10.3. The van der Waals surface area contributed by atoms with E-state index < -0.39 is 0 Å². The Morgan fingerprint density at radius 3 is 2.69 bits per heavy atom. The zero-order chi connectivity index (χ0) is 9.84. The van der Waals surface area contributed by atoms with Crippen molar-refractivity contribution in [1.82, 2.24) is 14.9 Å². The zero-order valence-corrected chi connectivity index (χ0v) is 7.15. The van der Waals surface area contributed by atoms with Crippen molar-refractivity contribution >= 4 is 11.8 Å². The summed E-state index contributed by atoms with van der Waals surface area (Å²) in [5.41, 5.74) is 5.64. The fourth-order valence-electron chi connectivity index (χ4n) is 0.723. The van der Waals surface area contributed by atoms with Crippen LogP contribution >= 0.6 is 0 Å². The van der Waals surface area contributed by atoms with E-state index in [0.717, 1.165) is 0 Å². The van der Waals surface area contributed by atoms with Crippen LogP contribution in [0.1, 0.15) is 5.69 Å². The lowest BCUT2D eigenvalue weighted by Crippen LogP contribution is -2.38. The van der Waals surface area contributed by atoms with Crippen LogP contribution in [0.3, 0.4) is 0 Å². The van der Waals surface area contributed by atoms with Gasteiger partial charge >= 0.3 is 0 Å². The van der Waals surface area contributed by atoms with Crippen molar-refractivity contribution in [3.8, 4) is 0 Å². The number of rotatable bonds is 1. The number of amidine groups is 1. The minimum absolute atomic E-state index is 0.0786. The van der Waals surface area contributed by atoms with Crippen molar-refractivity contribution < 1.29 is 0 Å². The monoisotopic (exact) mass is 178 g/mol. The fourth-order valence-corrected chi connectivity index (χ4v) is 0.723. The maximum Gasteiger partial charge on any atom is 0.193 e. The smallest absolute Gasteiger partial charge is 0.193 e. The Bertz CT molecular complexity index is 319. The Kier molecular flexibility index (Phi) is 2.53. The van der Waals surface area contributed by atoms with Gasteiger partial charge in [0.05, 0.1) is 0 Å². The molecule has 0 aliphatic rings. The first kappa shape index (κ1) is 9.11. The van der Waals surface area contributed by atoms with Gasteiger partial charge in [0.2, 0.25) is 0 Å². The normalized spacial score (nSPS) is 9.31. The molecule has 1 rings (SSSR count). The average molecular weight is 178 g/mol. The largest absolute Gasteiger partial charge is 0.370 e. The van der Waals surface area contributed by atoms with E-state index in [1.807, 2.05) is 0 Å². The molecule has 0 unspecified atom stereocenters. The Morgan fingerprint density at radius 2 is 2.23 bits per heavy atom. The van der Waals surface area contributed by atoms with Gasteiger partial charge in [-0.3, -0.25) is 15.7 Å². The summed E-state index contributed by atoms with van der Waals surface area (Å²) >= 11 is 0. The lowest BCUT2D eigenvalue weighted by molar-refractivity contribution is 0.724. The quantitative estimate of drug-likeness (QED) is 0.403. The van der Waals surface area contributed by atoms with Crippen LogP contribution in [0.2, 0.25) is 0 Å². The molecular formula is C7H10N6. The Hall–Kier alpha value is -1.98. The maximum absolute atomic E-state index is 7.58. The van der Waals surface area contributed by atoms with E-state index in [1.54, 1.807) is 6.07 Å². The zero-order valence-electron chi connectivity index (χ0n) is 7.15. The second-order valence-corrected chi connectivity index (χ2v) is 2.39. The van der Waals surface area contributed by atoms with E-state index in [4.69, 9.17) is 16.6 Å². The van der Waals surface area contributed by atoms with E-state index in [1.165, 1.54) is 24.5 Å². The fraction of sp³-hybridized carbons (Fsp3) is 0.143. The van der Waals surface area contributed by atoms with Crippen molar-refractivity contribution in [2.75, 3.05) is 7.05 Å². The summed E-state index contributed by atoms with van der Waals surface area (Å²) in [4.78, 5) is 8.80. The molecule has 0 bridgehead atoms. The molecule has 0 fully saturated rings. The van der Waals surface area contributed by atoms with Gasteiger partial charge in [-0.15, -0.1) is 0 Å². The van der Waals surface area contributed by atoms with Crippen LogP contribution in [0.4, 0.5) is 0 Å². The molecule has 0 spiro atoms. The van der Waals surface area contributed by atoms with Gasteiger partial charge in [-0.25, -0.2) is 9.97 Å². The first-order chi connectivity index (χ1) is 6.13. The van der Waals surface area contributed by atoms with Gasteiger partial charge in [0.1, 0.15) is 12.0 Å². The number of nitrogens with one attached hydrogen (secondary N) is 2. The number of aromatic nitrogens is 2. The van der Waals surface area contributed by atoms with Gasteiger partial charge in [-0.2, -0.15) is 0 Å². The summed E-state index contributed by atoms with van der Waals surface area (Å²) in [6.07, 6.45) is 2.88. The molecule has 0 atom stereocenters. The number of nitrogens with zero attached hydrogens (tertiary/aromatic N) is 3. The third kappa shape index (κ3) is 1.98. The third-order valence-electron chi connectivity index (χ3n) is 1.52. The molecule has 1 heterocycles.